The summed E-state index contributed by atoms with van der Waals surface area (Å²) in [6.45, 7) is 2.91. The van der Waals surface area contributed by atoms with Crippen LogP contribution in [0.5, 0.6) is 5.75 Å². The Kier molecular flexibility index (Phi) is 6.74. The number of hydrogen-bond acceptors (Lipinski definition) is 4. The number of para-hydroxylation sites is 2. The molecule has 0 fully saturated rings. The number of nitrogens with one attached hydrogen (secondary N) is 1. The molecule has 0 aliphatic carbocycles. The van der Waals surface area contributed by atoms with Crippen LogP contribution in [0.2, 0.25) is 0 Å². The van der Waals surface area contributed by atoms with Crippen LogP contribution in [0.4, 0.5) is 5.69 Å². The molecule has 1 amide bonds. The van der Waals surface area contributed by atoms with Crippen molar-refractivity contribution >= 4 is 11.6 Å². The van der Waals surface area contributed by atoms with Gasteiger partial charge in [-0.15, -0.1) is 0 Å². The second-order valence-corrected chi connectivity index (χ2v) is 4.39. The maximum atomic E-state index is 11.6. The van der Waals surface area contributed by atoms with E-state index in [0.29, 0.717) is 31.1 Å². The van der Waals surface area contributed by atoms with Gasteiger partial charge in [-0.25, -0.2) is 0 Å². The second-order valence-electron chi connectivity index (χ2n) is 4.39. The Balaban J connectivity index is 2.22. The molecule has 5 heteroatoms. The van der Waals surface area contributed by atoms with Gasteiger partial charge in [-0.1, -0.05) is 12.1 Å². The van der Waals surface area contributed by atoms with Crippen LogP contribution in [0.25, 0.3) is 0 Å². The molecule has 0 aliphatic rings. The molecular weight excluding hydrogens is 244 g/mol. The molecule has 0 spiro atoms. The Labute approximate surface area is 114 Å². The van der Waals surface area contributed by atoms with E-state index < -0.39 is 0 Å². The molecule has 1 aromatic carbocycles. The molecule has 0 aliphatic heterocycles. The highest BCUT2D eigenvalue weighted by Gasteiger charge is 2.07. The van der Waals surface area contributed by atoms with E-state index in [-0.39, 0.29) is 11.9 Å². The summed E-state index contributed by atoms with van der Waals surface area (Å²) >= 11 is 0. The molecule has 0 heterocycles. The van der Waals surface area contributed by atoms with Crippen molar-refractivity contribution in [2.75, 3.05) is 26.1 Å². The van der Waals surface area contributed by atoms with Gasteiger partial charge in [0.1, 0.15) is 5.75 Å². The lowest BCUT2D eigenvalue weighted by Crippen LogP contribution is -2.34. The summed E-state index contributed by atoms with van der Waals surface area (Å²) in [7, 11) is 1.65. The second kappa shape index (κ2) is 8.37. The minimum absolute atomic E-state index is 0.0295. The quantitative estimate of drug-likeness (QED) is 0.701. The predicted molar refractivity (Wildman–Crippen MR) is 75.1 cm³/mol. The minimum Gasteiger partial charge on any atom is -0.491 e. The van der Waals surface area contributed by atoms with Crippen LogP contribution in [0.15, 0.2) is 24.3 Å². The fourth-order valence-electron chi connectivity index (χ4n) is 1.58. The van der Waals surface area contributed by atoms with E-state index in [1.807, 2.05) is 19.1 Å². The molecule has 1 rings (SSSR count). The zero-order valence-electron chi connectivity index (χ0n) is 11.5. The van der Waals surface area contributed by atoms with Gasteiger partial charge in [-0.05, 0) is 25.5 Å². The van der Waals surface area contributed by atoms with E-state index in [4.69, 9.17) is 15.2 Å². The number of benzene rings is 1. The van der Waals surface area contributed by atoms with E-state index in [1.54, 1.807) is 19.2 Å². The molecule has 3 N–H and O–H groups in total. The Morgan fingerprint density at radius 3 is 2.79 bits per heavy atom. The van der Waals surface area contributed by atoms with E-state index in [9.17, 15) is 4.79 Å². The largest absolute Gasteiger partial charge is 0.491 e. The zero-order valence-corrected chi connectivity index (χ0v) is 11.5. The van der Waals surface area contributed by atoms with Gasteiger partial charge in [0.25, 0.3) is 0 Å². The maximum Gasteiger partial charge on any atom is 0.223 e. The van der Waals surface area contributed by atoms with E-state index in [0.717, 1.165) is 6.42 Å². The molecule has 0 saturated heterocycles. The number of nitrogens with two attached hydrogens (primary N) is 1. The Morgan fingerprint density at radius 1 is 1.37 bits per heavy atom. The fourth-order valence-corrected chi connectivity index (χ4v) is 1.58. The fraction of sp³-hybridized carbons (Fsp3) is 0.500. The van der Waals surface area contributed by atoms with Crippen molar-refractivity contribution in [2.45, 2.75) is 25.8 Å². The molecule has 0 saturated carbocycles. The molecule has 1 aromatic rings. The standard InChI is InChI=1S/C14H22N2O3/c1-11(7-9-18-2)16-14(17)8-10-19-13-6-4-3-5-12(13)15/h3-6,11H,7-10,15H2,1-2H3,(H,16,17). The van der Waals surface area contributed by atoms with Crippen molar-refractivity contribution in [1.82, 2.24) is 5.32 Å². The summed E-state index contributed by atoms with van der Waals surface area (Å²) in [5, 5.41) is 2.89. The van der Waals surface area contributed by atoms with Crippen molar-refractivity contribution in [1.29, 1.82) is 0 Å². The summed E-state index contributed by atoms with van der Waals surface area (Å²) in [6.07, 6.45) is 1.11. The first-order valence-electron chi connectivity index (χ1n) is 6.39. The average molecular weight is 266 g/mol. The number of nitrogen functional groups attached to an aromatic ring is 1. The molecule has 0 bridgehead atoms. The maximum absolute atomic E-state index is 11.6. The lowest BCUT2D eigenvalue weighted by atomic mass is 10.2. The molecule has 106 valence electrons. The summed E-state index contributed by atoms with van der Waals surface area (Å²) < 4.78 is 10.4. The van der Waals surface area contributed by atoms with E-state index in [1.165, 1.54) is 0 Å². The Bertz CT molecular complexity index is 396. The van der Waals surface area contributed by atoms with Crippen molar-refractivity contribution in [3.8, 4) is 5.75 Å². The van der Waals surface area contributed by atoms with Gasteiger partial charge in [0.15, 0.2) is 0 Å². The van der Waals surface area contributed by atoms with Crippen LogP contribution >= 0.6 is 0 Å². The first-order valence-corrected chi connectivity index (χ1v) is 6.39. The number of methoxy groups -OCH3 is 1. The van der Waals surface area contributed by atoms with Crippen LogP contribution in [-0.2, 0) is 9.53 Å². The molecule has 1 atom stereocenters. The summed E-state index contributed by atoms with van der Waals surface area (Å²) in [5.74, 6) is 0.584. The third-order valence-corrected chi connectivity index (χ3v) is 2.67. The zero-order chi connectivity index (χ0) is 14.1. The number of carbonyl (C=O) groups excluding carboxylic acids is 1. The van der Waals surface area contributed by atoms with Crippen LogP contribution < -0.4 is 15.8 Å². The number of rotatable bonds is 8. The normalized spacial score (nSPS) is 11.9. The highest BCUT2D eigenvalue weighted by atomic mass is 16.5. The van der Waals surface area contributed by atoms with Crippen molar-refractivity contribution < 1.29 is 14.3 Å². The highest BCUT2D eigenvalue weighted by molar-refractivity contribution is 5.76. The Morgan fingerprint density at radius 2 is 2.11 bits per heavy atom. The smallest absolute Gasteiger partial charge is 0.223 e. The topological polar surface area (TPSA) is 73.6 Å². The minimum atomic E-state index is -0.0295. The summed E-state index contributed by atoms with van der Waals surface area (Å²) in [5.41, 5.74) is 6.31. The third-order valence-electron chi connectivity index (χ3n) is 2.67. The van der Waals surface area contributed by atoms with Gasteiger partial charge in [0, 0.05) is 19.8 Å². The van der Waals surface area contributed by atoms with Crippen molar-refractivity contribution in [3.63, 3.8) is 0 Å². The number of amides is 1. The number of carbonyl (C=O) groups is 1. The highest BCUT2D eigenvalue weighted by Crippen LogP contribution is 2.19. The van der Waals surface area contributed by atoms with Crippen LogP contribution in [0.3, 0.4) is 0 Å². The van der Waals surface area contributed by atoms with Gasteiger partial charge in [-0.2, -0.15) is 0 Å². The first kappa shape index (κ1) is 15.3. The first-order chi connectivity index (χ1) is 9.13. The molecule has 19 heavy (non-hydrogen) atoms. The molecular formula is C14H22N2O3. The van der Waals surface area contributed by atoms with Crippen LogP contribution in [0, 0.1) is 0 Å². The third kappa shape index (κ3) is 6.10. The van der Waals surface area contributed by atoms with Gasteiger partial charge in [-0.3, -0.25) is 4.79 Å². The molecule has 0 radical (unpaired) electrons. The summed E-state index contributed by atoms with van der Waals surface area (Å²) in [6, 6.07) is 7.34. The van der Waals surface area contributed by atoms with E-state index >= 15 is 0 Å². The van der Waals surface area contributed by atoms with Gasteiger partial charge in [0.05, 0.1) is 18.7 Å². The molecule has 0 aromatic heterocycles. The number of hydrogen-bond donors (Lipinski definition) is 2. The van der Waals surface area contributed by atoms with Gasteiger partial charge >= 0.3 is 0 Å². The van der Waals surface area contributed by atoms with E-state index in [2.05, 4.69) is 5.32 Å². The van der Waals surface area contributed by atoms with Crippen LogP contribution in [0.1, 0.15) is 19.8 Å². The average Bonchev–Trinajstić information content (AvgIpc) is 2.38. The number of ether oxygens (including phenoxy) is 2. The molecule has 5 nitrogen and oxygen atoms in total. The predicted octanol–water partition coefficient (Wildman–Crippen LogP) is 1.58. The summed E-state index contributed by atoms with van der Waals surface area (Å²) in [4.78, 5) is 11.6. The van der Waals surface area contributed by atoms with Crippen LogP contribution in [-0.4, -0.2) is 32.3 Å². The van der Waals surface area contributed by atoms with Crippen molar-refractivity contribution in [2.24, 2.45) is 0 Å². The Hall–Kier alpha value is -1.75. The SMILES string of the molecule is COCCC(C)NC(=O)CCOc1ccccc1N. The lowest BCUT2D eigenvalue weighted by molar-refractivity contribution is -0.122. The van der Waals surface area contributed by atoms with Gasteiger partial charge < -0.3 is 20.5 Å². The molecule has 1 unspecified atom stereocenters. The van der Waals surface area contributed by atoms with Gasteiger partial charge in [0.2, 0.25) is 5.91 Å². The monoisotopic (exact) mass is 266 g/mol. The number of anilines is 1. The van der Waals surface area contributed by atoms with Crippen molar-refractivity contribution in [3.05, 3.63) is 24.3 Å². The lowest BCUT2D eigenvalue weighted by Gasteiger charge is -2.13.